The second-order valence-corrected chi connectivity index (χ2v) is 18.1. The van der Waals surface area contributed by atoms with Crippen LogP contribution < -0.4 is 0 Å². The Balaban J connectivity index is -0.000000109. The van der Waals surface area contributed by atoms with Crippen LogP contribution in [0, 0.1) is 59.2 Å². The highest BCUT2D eigenvalue weighted by Gasteiger charge is 1.97. The lowest BCUT2D eigenvalue weighted by Crippen LogP contribution is -1.95. The third-order valence-corrected chi connectivity index (χ3v) is 5.64. The second-order valence-electron chi connectivity index (χ2n) is 18.1. The summed E-state index contributed by atoms with van der Waals surface area (Å²) in [4.78, 5) is 0. The van der Waals surface area contributed by atoms with Crippen molar-refractivity contribution in [2.24, 2.45) is 59.2 Å². The van der Waals surface area contributed by atoms with Crippen LogP contribution in [0.4, 0.5) is 0 Å². The van der Waals surface area contributed by atoms with E-state index >= 15 is 0 Å². The van der Waals surface area contributed by atoms with Gasteiger partial charge in [0.2, 0.25) is 0 Å². The normalized spacial score (nSPS) is 10.0. The van der Waals surface area contributed by atoms with Crippen molar-refractivity contribution in [2.75, 3.05) is 0 Å². The van der Waals surface area contributed by atoms with Crippen LogP contribution in [-0.2, 0) is 12.8 Å². The van der Waals surface area contributed by atoms with Crippen molar-refractivity contribution < 1.29 is 0 Å². The molecule has 48 heavy (non-hydrogen) atoms. The molecule has 0 aromatic heterocycles. The largest absolute Gasteiger partial charge is 0.0630 e. The van der Waals surface area contributed by atoms with Gasteiger partial charge < -0.3 is 0 Å². The molecule has 0 spiro atoms. The van der Waals surface area contributed by atoms with Crippen LogP contribution in [0.15, 0.2) is 60.7 Å². The Bertz CT molecular complexity index is 669. The van der Waals surface area contributed by atoms with Crippen LogP contribution in [0.25, 0.3) is 0 Å². The molecule has 0 unspecified atom stereocenters. The van der Waals surface area contributed by atoms with Crippen molar-refractivity contribution in [3.05, 3.63) is 71.8 Å². The summed E-state index contributed by atoms with van der Waals surface area (Å²) in [5.74, 6) is 8.27. The van der Waals surface area contributed by atoms with Gasteiger partial charge in [0.15, 0.2) is 0 Å². The van der Waals surface area contributed by atoms with Gasteiger partial charge in [0.1, 0.15) is 0 Å². The Morgan fingerprint density at radius 3 is 0.521 bits per heavy atom. The van der Waals surface area contributed by atoms with Gasteiger partial charge in [0.05, 0.1) is 0 Å². The van der Waals surface area contributed by atoms with Gasteiger partial charge in [-0.05, 0) is 83.1 Å². The Hall–Kier alpha value is -1.56. The van der Waals surface area contributed by atoms with Gasteiger partial charge in [-0.1, -0.05) is 227 Å². The van der Waals surface area contributed by atoms with Crippen LogP contribution >= 0.6 is 0 Å². The molecular weight excluding hydrogens is 577 g/mol. The third kappa shape index (κ3) is 90.5. The summed E-state index contributed by atoms with van der Waals surface area (Å²) in [6, 6.07) is 21.2. The first kappa shape index (κ1) is 58.6. The first-order valence-corrected chi connectivity index (χ1v) is 19.9. The molecule has 0 N–H and O–H groups in total. The molecule has 0 heterocycles. The summed E-state index contributed by atoms with van der Waals surface area (Å²) in [6.45, 7) is 52.9. The van der Waals surface area contributed by atoms with Gasteiger partial charge >= 0.3 is 0 Å². The van der Waals surface area contributed by atoms with E-state index in [1.54, 1.807) is 0 Å². The molecule has 0 aliphatic carbocycles. The van der Waals surface area contributed by atoms with Crippen molar-refractivity contribution in [1.29, 1.82) is 0 Å². The van der Waals surface area contributed by atoms with Gasteiger partial charge in [-0.15, -0.1) is 0 Å². The Kier molecular flexibility index (Phi) is 50.8. The Labute approximate surface area is 309 Å². The third-order valence-electron chi connectivity index (χ3n) is 5.64. The van der Waals surface area contributed by atoms with Crippen molar-refractivity contribution in [3.63, 3.8) is 0 Å². The molecule has 0 saturated heterocycles. The van der Waals surface area contributed by atoms with Crippen molar-refractivity contribution in [1.82, 2.24) is 0 Å². The number of hydrogen-bond donors (Lipinski definition) is 0. The highest BCUT2D eigenvalue weighted by Crippen LogP contribution is 2.08. The van der Waals surface area contributed by atoms with Gasteiger partial charge in [0.25, 0.3) is 0 Å². The standard InChI is InChI=1S/2C10H14.2C6H14.4C4H10/c2*1-9(2)8-10-6-4-3-5-7-10;2*1-5(2)6(3)4;4*1-4(2)3/h2*3-7,9H,8H2,1-2H3;2*5-6H,1-4H3;4*4H,1-3H3. The minimum Gasteiger partial charge on any atom is -0.0630 e. The first-order valence-electron chi connectivity index (χ1n) is 19.9. The van der Waals surface area contributed by atoms with Crippen molar-refractivity contribution in [3.8, 4) is 0 Å². The average Bonchev–Trinajstić information content (AvgIpc) is 2.89. The highest BCUT2D eigenvalue weighted by atomic mass is 14.0. The fraction of sp³-hybridized carbons (Fsp3) is 0.750. The summed E-state index contributed by atoms with van der Waals surface area (Å²) < 4.78 is 0. The molecule has 0 amide bonds. The smallest absolute Gasteiger partial charge is 0.0256 e. The van der Waals surface area contributed by atoms with Crippen LogP contribution in [0.1, 0.15) is 177 Å². The quantitative estimate of drug-likeness (QED) is 0.286. The molecule has 0 bridgehead atoms. The number of benzene rings is 2. The van der Waals surface area contributed by atoms with E-state index in [2.05, 4.69) is 227 Å². The lowest BCUT2D eigenvalue weighted by molar-refractivity contribution is 0.457. The SMILES string of the molecule is CC(C)C.CC(C)C.CC(C)C.CC(C)C.CC(C)C(C)C.CC(C)C(C)C.CC(C)Cc1ccccc1.CC(C)Cc1ccccc1. The predicted octanol–water partition coefficient (Wildman–Crippen LogP) is 17.0. The van der Waals surface area contributed by atoms with E-state index in [0.29, 0.717) is 0 Å². The second kappa shape index (κ2) is 41.6. The molecular formula is C48H96. The minimum absolute atomic E-state index is 0.766. The summed E-state index contributed by atoms with van der Waals surface area (Å²) in [5, 5.41) is 0. The maximum absolute atomic E-state index is 2.24. The van der Waals surface area contributed by atoms with E-state index in [9.17, 15) is 0 Å². The number of hydrogen-bond acceptors (Lipinski definition) is 0. The van der Waals surface area contributed by atoms with Gasteiger partial charge in [-0.2, -0.15) is 0 Å². The van der Waals surface area contributed by atoms with Gasteiger partial charge in [0, 0.05) is 0 Å². The zero-order chi connectivity index (χ0) is 39.4. The first-order chi connectivity index (χ1) is 21.8. The molecule has 0 aliphatic rings. The van der Waals surface area contributed by atoms with E-state index in [0.717, 1.165) is 59.2 Å². The maximum atomic E-state index is 2.24. The molecule has 0 fully saturated rings. The molecule has 2 aromatic rings. The zero-order valence-electron chi connectivity index (χ0n) is 38.0. The van der Waals surface area contributed by atoms with E-state index in [-0.39, 0.29) is 0 Å². The van der Waals surface area contributed by atoms with Gasteiger partial charge in [-0.3, -0.25) is 0 Å². The van der Waals surface area contributed by atoms with Crippen molar-refractivity contribution in [2.45, 2.75) is 179 Å². The molecule has 0 atom stereocenters. The molecule has 2 rings (SSSR count). The summed E-state index contributed by atoms with van der Waals surface area (Å²) >= 11 is 0. The fourth-order valence-electron chi connectivity index (χ4n) is 2.17. The van der Waals surface area contributed by atoms with Gasteiger partial charge in [-0.25, -0.2) is 0 Å². The lowest BCUT2D eigenvalue weighted by atomic mass is 10.0. The Morgan fingerprint density at radius 1 is 0.271 bits per heavy atom. The average molecular weight is 673 g/mol. The Morgan fingerprint density at radius 2 is 0.417 bits per heavy atom. The summed E-state index contributed by atoms with van der Waals surface area (Å²) in [6.07, 6.45) is 2.39. The monoisotopic (exact) mass is 673 g/mol. The molecule has 0 saturated carbocycles. The van der Waals surface area contributed by atoms with Crippen LogP contribution in [0.3, 0.4) is 0 Å². The molecule has 288 valence electrons. The highest BCUT2D eigenvalue weighted by molar-refractivity contribution is 5.15. The van der Waals surface area contributed by atoms with E-state index in [1.807, 2.05) is 0 Å². The van der Waals surface area contributed by atoms with Crippen LogP contribution in [0.5, 0.6) is 0 Å². The molecule has 0 radical (unpaired) electrons. The van der Waals surface area contributed by atoms with Crippen molar-refractivity contribution >= 4 is 0 Å². The number of rotatable bonds is 6. The minimum atomic E-state index is 0.766. The fourth-order valence-corrected chi connectivity index (χ4v) is 2.17. The van der Waals surface area contributed by atoms with E-state index in [1.165, 1.54) is 24.0 Å². The summed E-state index contributed by atoms with van der Waals surface area (Å²) in [7, 11) is 0. The molecule has 0 aliphatic heterocycles. The van der Waals surface area contributed by atoms with Crippen LogP contribution in [0.2, 0.25) is 0 Å². The molecule has 0 heteroatoms. The molecule has 0 nitrogen and oxygen atoms in total. The lowest BCUT2D eigenvalue weighted by Gasteiger charge is -2.05. The zero-order valence-corrected chi connectivity index (χ0v) is 38.0. The maximum Gasteiger partial charge on any atom is -0.0256 e. The topological polar surface area (TPSA) is 0 Å². The summed E-state index contributed by atoms with van der Waals surface area (Å²) in [5.41, 5.74) is 2.88. The van der Waals surface area contributed by atoms with E-state index in [4.69, 9.17) is 0 Å². The predicted molar refractivity (Wildman–Crippen MR) is 231 cm³/mol. The van der Waals surface area contributed by atoms with Crippen LogP contribution in [-0.4, -0.2) is 0 Å². The molecule has 2 aromatic carbocycles. The van der Waals surface area contributed by atoms with E-state index < -0.39 is 0 Å².